The van der Waals surface area contributed by atoms with Gasteiger partial charge in [0.25, 0.3) is 5.91 Å². The van der Waals surface area contributed by atoms with Crippen molar-refractivity contribution in [1.29, 1.82) is 0 Å². The minimum Gasteiger partial charge on any atom is -0.333 e. The Morgan fingerprint density at radius 2 is 2.23 bits per heavy atom. The third kappa shape index (κ3) is 3.27. The van der Waals surface area contributed by atoms with Gasteiger partial charge in [0.15, 0.2) is 5.69 Å². The molecule has 1 atom stereocenters. The van der Waals surface area contributed by atoms with Gasteiger partial charge in [0.1, 0.15) is 0 Å². The fourth-order valence-electron chi connectivity index (χ4n) is 2.70. The number of amides is 1. The molecule has 1 aliphatic rings. The van der Waals surface area contributed by atoms with Gasteiger partial charge < -0.3 is 10.6 Å². The van der Waals surface area contributed by atoms with Gasteiger partial charge in [-0.3, -0.25) is 4.79 Å². The molecule has 1 aromatic heterocycles. The minimum absolute atomic E-state index is 0. The molecule has 1 unspecified atom stereocenters. The summed E-state index contributed by atoms with van der Waals surface area (Å²) >= 11 is 5.98. The molecule has 118 valence electrons. The monoisotopic (exact) mass is 340 g/mol. The lowest BCUT2D eigenvalue weighted by Gasteiger charge is -2.22. The van der Waals surface area contributed by atoms with E-state index in [1.807, 2.05) is 17.0 Å². The van der Waals surface area contributed by atoms with Crippen LogP contribution in [0, 0.1) is 0 Å². The molecular formula is C15H18Cl2N4O. The molecule has 3 rings (SSSR count). The van der Waals surface area contributed by atoms with Crippen LogP contribution in [0.5, 0.6) is 0 Å². The molecule has 0 aliphatic carbocycles. The summed E-state index contributed by atoms with van der Waals surface area (Å²) < 4.78 is 1.66. The molecule has 2 N–H and O–H groups in total. The molecule has 0 bridgehead atoms. The van der Waals surface area contributed by atoms with Crippen molar-refractivity contribution in [3.05, 3.63) is 47.2 Å². The largest absolute Gasteiger partial charge is 0.333 e. The van der Waals surface area contributed by atoms with E-state index in [0.717, 1.165) is 25.1 Å². The van der Waals surface area contributed by atoms with E-state index < -0.39 is 0 Å². The maximum atomic E-state index is 12.5. The van der Waals surface area contributed by atoms with Crippen LogP contribution in [0.1, 0.15) is 23.3 Å². The number of halogens is 2. The number of carbonyl (C=O) groups excluding carboxylic acids is 1. The van der Waals surface area contributed by atoms with E-state index >= 15 is 0 Å². The molecule has 0 spiro atoms. The Morgan fingerprint density at radius 3 is 2.95 bits per heavy atom. The Labute approximate surface area is 140 Å². The number of nitrogens with two attached hydrogens (primary N) is 1. The van der Waals surface area contributed by atoms with Crippen LogP contribution >= 0.6 is 24.0 Å². The highest BCUT2D eigenvalue weighted by molar-refractivity contribution is 6.30. The number of benzene rings is 1. The summed E-state index contributed by atoms with van der Waals surface area (Å²) in [5.41, 5.74) is 6.99. The van der Waals surface area contributed by atoms with Gasteiger partial charge in [0.2, 0.25) is 0 Å². The zero-order valence-corrected chi connectivity index (χ0v) is 13.6. The smallest absolute Gasteiger partial charge is 0.274 e. The van der Waals surface area contributed by atoms with E-state index in [-0.39, 0.29) is 24.4 Å². The summed E-state index contributed by atoms with van der Waals surface area (Å²) in [4.78, 5) is 14.3. The van der Waals surface area contributed by atoms with E-state index in [2.05, 4.69) is 5.10 Å². The Morgan fingerprint density at radius 1 is 1.41 bits per heavy atom. The predicted molar refractivity (Wildman–Crippen MR) is 88.9 cm³/mol. The summed E-state index contributed by atoms with van der Waals surface area (Å²) in [6.07, 6.45) is 3.74. The van der Waals surface area contributed by atoms with Crippen LogP contribution in [0.4, 0.5) is 0 Å². The van der Waals surface area contributed by atoms with Gasteiger partial charge in [-0.05, 0) is 37.1 Å². The highest BCUT2D eigenvalue weighted by Crippen LogP contribution is 2.19. The summed E-state index contributed by atoms with van der Waals surface area (Å²) in [5.74, 6) is -0.0521. The molecule has 22 heavy (non-hydrogen) atoms. The Bertz CT molecular complexity index is 658. The number of aromatic nitrogens is 2. The van der Waals surface area contributed by atoms with Crippen molar-refractivity contribution in [2.75, 3.05) is 13.1 Å². The van der Waals surface area contributed by atoms with Crippen molar-refractivity contribution < 1.29 is 4.79 Å². The Balaban J connectivity index is 0.00000176. The van der Waals surface area contributed by atoms with Gasteiger partial charge in [-0.15, -0.1) is 12.4 Å². The van der Waals surface area contributed by atoms with Crippen LogP contribution in [0.2, 0.25) is 5.02 Å². The summed E-state index contributed by atoms with van der Waals surface area (Å²) in [6, 6.07) is 9.22. The number of rotatable bonds is 3. The van der Waals surface area contributed by atoms with Crippen molar-refractivity contribution in [2.45, 2.75) is 18.9 Å². The first-order valence-electron chi connectivity index (χ1n) is 7.01. The van der Waals surface area contributed by atoms with Gasteiger partial charge in [-0.25, -0.2) is 4.68 Å². The molecule has 1 amide bonds. The van der Waals surface area contributed by atoms with Crippen LogP contribution in [-0.2, 0) is 0 Å². The van der Waals surface area contributed by atoms with Crippen molar-refractivity contribution >= 4 is 29.9 Å². The maximum Gasteiger partial charge on any atom is 0.274 e. The third-order valence-corrected chi connectivity index (χ3v) is 4.03. The molecule has 2 aromatic rings. The molecule has 1 fully saturated rings. The number of hydrogen-bond acceptors (Lipinski definition) is 3. The Hall–Kier alpha value is -1.56. The summed E-state index contributed by atoms with van der Waals surface area (Å²) in [6.45, 7) is 1.26. The molecule has 5 nitrogen and oxygen atoms in total. The SMILES string of the molecule is Cl.NCC1CCCN1C(=O)c1ccn(-c2cccc(Cl)c2)n1. The summed E-state index contributed by atoms with van der Waals surface area (Å²) in [5, 5.41) is 5.00. The first-order valence-corrected chi connectivity index (χ1v) is 7.39. The Kier molecular flexibility index (Phi) is 5.45. The molecule has 1 saturated heterocycles. The standard InChI is InChI=1S/C15H17ClN4O.ClH/c16-11-3-1-4-12(9-11)20-8-6-14(18-20)15(21)19-7-2-5-13(19)10-17;/h1,3-4,6,8-9,13H,2,5,7,10,17H2;1H. The molecule has 2 heterocycles. The van der Waals surface area contributed by atoms with Crippen LogP contribution in [0.15, 0.2) is 36.5 Å². The van der Waals surface area contributed by atoms with Gasteiger partial charge in [-0.2, -0.15) is 5.10 Å². The van der Waals surface area contributed by atoms with Gasteiger partial charge >= 0.3 is 0 Å². The van der Waals surface area contributed by atoms with Crippen molar-refractivity contribution in [1.82, 2.24) is 14.7 Å². The number of carbonyl (C=O) groups is 1. The average Bonchev–Trinajstić information content (AvgIpc) is 3.15. The molecule has 0 radical (unpaired) electrons. The molecule has 1 aromatic carbocycles. The number of nitrogens with zero attached hydrogens (tertiary/aromatic N) is 3. The molecular weight excluding hydrogens is 323 g/mol. The van der Waals surface area contributed by atoms with E-state index in [4.69, 9.17) is 17.3 Å². The van der Waals surface area contributed by atoms with E-state index in [1.165, 1.54) is 0 Å². The maximum absolute atomic E-state index is 12.5. The second-order valence-electron chi connectivity index (χ2n) is 5.16. The lowest BCUT2D eigenvalue weighted by atomic mass is 10.2. The van der Waals surface area contributed by atoms with Crippen LogP contribution in [-0.4, -0.2) is 39.7 Å². The first kappa shape index (κ1) is 16.8. The fourth-order valence-corrected chi connectivity index (χ4v) is 2.88. The number of hydrogen-bond donors (Lipinski definition) is 1. The van der Waals surface area contributed by atoms with Crippen molar-refractivity contribution in [3.8, 4) is 5.69 Å². The van der Waals surface area contributed by atoms with Crippen LogP contribution < -0.4 is 5.73 Å². The quantitative estimate of drug-likeness (QED) is 0.933. The highest BCUT2D eigenvalue weighted by Gasteiger charge is 2.29. The van der Waals surface area contributed by atoms with E-state index in [0.29, 0.717) is 17.3 Å². The van der Waals surface area contributed by atoms with Crippen molar-refractivity contribution in [3.63, 3.8) is 0 Å². The van der Waals surface area contributed by atoms with Crippen molar-refractivity contribution in [2.24, 2.45) is 5.73 Å². The zero-order valence-electron chi connectivity index (χ0n) is 12.0. The van der Waals surface area contributed by atoms with Crippen LogP contribution in [0.25, 0.3) is 5.69 Å². The second-order valence-corrected chi connectivity index (χ2v) is 5.59. The van der Waals surface area contributed by atoms with Gasteiger partial charge in [0.05, 0.1) is 5.69 Å². The van der Waals surface area contributed by atoms with Crippen LogP contribution in [0.3, 0.4) is 0 Å². The molecule has 7 heteroatoms. The minimum atomic E-state index is -0.0521. The van der Waals surface area contributed by atoms with Gasteiger partial charge in [-0.1, -0.05) is 17.7 Å². The predicted octanol–water partition coefficient (Wildman–Crippen LogP) is 2.51. The van der Waals surface area contributed by atoms with Gasteiger partial charge in [0, 0.05) is 30.4 Å². The normalized spacial score (nSPS) is 17.4. The molecule has 1 aliphatic heterocycles. The third-order valence-electron chi connectivity index (χ3n) is 3.79. The average molecular weight is 341 g/mol. The zero-order chi connectivity index (χ0) is 14.8. The first-order chi connectivity index (χ1) is 10.2. The number of likely N-dealkylation sites (tertiary alicyclic amines) is 1. The fraction of sp³-hybridized carbons (Fsp3) is 0.333. The highest BCUT2D eigenvalue weighted by atomic mass is 35.5. The second kappa shape index (κ2) is 7.13. The van der Waals surface area contributed by atoms with E-state index in [1.54, 1.807) is 29.1 Å². The lowest BCUT2D eigenvalue weighted by molar-refractivity contribution is 0.0735. The topological polar surface area (TPSA) is 64.2 Å². The lowest BCUT2D eigenvalue weighted by Crippen LogP contribution is -2.40. The summed E-state index contributed by atoms with van der Waals surface area (Å²) in [7, 11) is 0. The molecule has 0 saturated carbocycles. The van der Waals surface area contributed by atoms with E-state index in [9.17, 15) is 4.79 Å².